The average molecular weight is 220 g/mol. The van der Waals surface area contributed by atoms with Crippen LogP contribution >= 0.6 is 0 Å². The van der Waals surface area contributed by atoms with E-state index >= 15 is 0 Å². The van der Waals surface area contributed by atoms with Crippen LogP contribution in [0.25, 0.3) is 0 Å². The van der Waals surface area contributed by atoms with Crippen LogP contribution in [0.1, 0.15) is 37.9 Å². The molecule has 16 heavy (non-hydrogen) atoms. The topological polar surface area (TPSA) is 44.9 Å². The van der Waals surface area contributed by atoms with Crippen molar-refractivity contribution in [2.75, 3.05) is 0 Å². The largest absolute Gasteiger partial charge is 0.326 e. The smallest absolute Gasteiger partial charge is 0.248 e. The van der Waals surface area contributed by atoms with Gasteiger partial charge in [0.05, 0.1) is 0 Å². The lowest BCUT2D eigenvalue weighted by Crippen LogP contribution is -2.37. The molecule has 0 spiro atoms. The van der Waals surface area contributed by atoms with Crippen molar-refractivity contribution in [2.45, 2.75) is 45.7 Å². The first-order chi connectivity index (χ1) is 7.65. The molecule has 2 rings (SSSR count). The minimum absolute atomic E-state index is 0.0169. The van der Waals surface area contributed by atoms with Crippen molar-refractivity contribution in [3.05, 3.63) is 33.7 Å². The van der Waals surface area contributed by atoms with E-state index in [1.54, 1.807) is 6.07 Å². The Morgan fingerprint density at radius 1 is 1.44 bits per heavy atom. The summed E-state index contributed by atoms with van der Waals surface area (Å²) in [4.78, 5) is 14.2. The van der Waals surface area contributed by atoms with Gasteiger partial charge in [0.2, 0.25) is 5.56 Å². The van der Waals surface area contributed by atoms with Gasteiger partial charge in [-0.25, -0.2) is 0 Å². The second-order valence-corrected chi connectivity index (χ2v) is 5.08. The summed E-state index contributed by atoms with van der Waals surface area (Å²) in [5, 5.41) is 3.53. The molecule has 0 saturated carbocycles. The fourth-order valence-electron chi connectivity index (χ4n) is 2.21. The van der Waals surface area contributed by atoms with Crippen molar-refractivity contribution in [1.82, 2.24) is 10.3 Å². The molecule has 1 unspecified atom stereocenters. The highest BCUT2D eigenvalue weighted by atomic mass is 16.1. The maximum atomic E-state index is 11.2. The van der Waals surface area contributed by atoms with E-state index in [-0.39, 0.29) is 5.56 Å². The molecule has 0 aromatic carbocycles. The van der Waals surface area contributed by atoms with Crippen molar-refractivity contribution in [3.8, 4) is 0 Å². The molecule has 3 nitrogen and oxygen atoms in total. The second kappa shape index (κ2) is 4.83. The predicted molar refractivity (Wildman–Crippen MR) is 65.5 cm³/mol. The van der Waals surface area contributed by atoms with Gasteiger partial charge in [0.15, 0.2) is 0 Å². The number of pyridine rings is 1. The quantitative estimate of drug-likeness (QED) is 0.816. The first kappa shape index (κ1) is 11.4. The van der Waals surface area contributed by atoms with E-state index in [9.17, 15) is 4.79 Å². The molecule has 1 aromatic heterocycles. The van der Waals surface area contributed by atoms with Crippen LogP contribution < -0.4 is 10.9 Å². The van der Waals surface area contributed by atoms with E-state index < -0.39 is 0 Å². The molecule has 1 aliphatic heterocycles. The fraction of sp³-hybridized carbons (Fsp3) is 0.615. The van der Waals surface area contributed by atoms with Gasteiger partial charge in [0.25, 0.3) is 0 Å². The van der Waals surface area contributed by atoms with E-state index in [0.717, 1.165) is 24.6 Å². The molecule has 0 aliphatic carbocycles. The number of hydrogen-bond acceptors (Lipinski definition) is 2. The lowest BCUT2D eigenvalue weighted by atomic mass is 9.95. The standard InChI is InChI=1S/C13H20N2O/c1-9(2)3-5-11-7-12-10(8-14-11)4-6-13(16)15-12/h4,6,9,11,14H,3,5,7-8H2,1-2H3,(H,15,16). The Hall–Kier alpha value is -1.09. The summed E-state index contributed by atoms with van der Waals surface area (Å²) in [6.45, 7) is 5.38. The van der Waals surface area contributed by atoms with Crippen molar-refractivity contribution >= 4 is 0 Å². The number of aromatic nitrogens is 1. The molecule has 88 valence electrons. The van der Waals surface area contributed by atoms with Crippen LogP contribution in [0, 0.1) is 5.92 Å². The number of fused-ring (bicyclic) bond motifs is 1. The van der Waals surface area contributed by atoms with Gasteiger partial charge in [0, 0.05) is 30.8 Å². The molecule has 1 aromatic rings. The molecule has 0 radical (unpaired) electrons. The van der Waals surface area contributed by atoms with Gasteiger partial charge >= 0.3 is 0 Å². The van der Waals surface area contributed by atoms with Crippen LogP contribution in [0.4, 0.5) is 0 Å². The van der Waals surface area contributed by atoms with E-state index in [0.29, 0.717) is 6.04 Å². The Labute approximate surface area is 96.3 Å². The Balaban J connectivity index is 2.02. The minimum atomic E-state index is 0.0169. The molecule has 1 atom stereocenters. The average Bonchev–Trinajstić information content (AvgIpc) is 2.25. The summed E-state index contributed by atoms with van der Waals surface area (Å²) in [6, 6.07) is 4.06. The van der Waals surface area contributed by atoms with Gasteiger partial charge in [-0.05, 0) is 24.3 Å². The predicted octanol–water partition coefficient (Wildman–Crippen LogP) is 1.83. The van der Waals surface area contributed by atoms with Gasteiger partial charge < -0.3 is 10.3 Å². The summed E-state index contributed by atoms with van der Waals surface area (Å²) in [5.74, 6) is 0.748. The Morgan fingerprint density at radius 3 is 3.00 bits per heavy atom. The zero-order valence-corrected chi connectivity index (χ0v) is 10.0. The molecule has 3 heteroatoms. The number of nitrogens with one attached hydrogen (secondary N) is 2. The summed E-state index contributed by atoms with van der Waals surface area (Å²) in [6.07, 6.45) is 3.39. The third kappa shape index (κ3) is 2.73. The van der Waals surface area contributed by atoms with E-state index in [2.05, 4.69) is 24.1 Å². The summed E-state index contributed by atoms with van der Waals surface area (Å²) in [5.41, 5.74) is 2.38. The summed E-state index contributed by atoms with van der Waals surface area (Å²) >= 11 is 0. The van der Waals surface area contributed by atoms with Crippen molar-refractivity contribution in [1.29, 1.82) is 0 Å². The highest BCUT2D eigenvalue weighted by molar-refractivity contribution is 5.23. The van der Waals surface area contributed by atoms with Gasteiger partial charge in [-0.3, -0.25) is 4.79 Å². The molecule has 2 heterocycles. The lowest BCUT2D eigenvalue weighted by Gasteiger charge is -2.26. The van der Waals surface area contributed by atoms with Crippen molar-refractivity contribution in [3.63, 3.8) is 0 Å². The van der Waals surface area contributed by atoms with Gasteiger partial charge in [-0.1, -0.05) is 19.9 Å². The molecular formula is C13H20N2O. The molecule has 0 bridgehead atoms. The van der Waals surface area contributed by atoms with Crippen LogP contribution in [0.2, 0.25) is 0 Å². The van der Waals surface area contributed by atoms with Crippen LogP contribution in [-0.2, 0) is 13.0 Å². The monoisotopic (exact) mass is 220 g/mol. The maximum Gasteiger partial charge on any atom is 0.248 e. The van der Waals surface area contributed by atoms with Gasteiger partial charge in [-0.15, -0.1) is 0 Å². The third-order valence-electron chi connectivity index (χ3n) is 3.22. The van der Waals surface area contributed by atoms with Crippen LogP contribution in [-0.4, -0.2) is 11.0 Å². The lowest BCUT2D eigenvalue weighted by molar-refractivity contribution is 0.405. The normalized spacial score (nSPS) is 19.8. The van der Waals surface area contributed by atoms with Gasteiger partial charge in [0.1, 0.15) is 0 Å². The summed E-state index contributed by atoms with van der Waals surface area (Å²) in [7, 11) is 0. The Bertz CT molecular complexity index is 409. The zero-order chi connectivity index (χ0) is 11.5. The highest BCUT2D eigenvalue weighted by Crippen LogP contribution is 2.17. The third-order valence-corrected chi connectivity index (χ3v) is 3.22. The first-order valence-corrected chi connectivity index (χ1v) is 6.09. The SMILES string of the molecule is CC(C)CCC1Cc2[nH]c(=O)ccc2CN1. The molecular weight excluding hydrogens is 200 g/mol. The Morgan fingerprint density at radius 2 is 2.25 bits per heavy atom. The summed E-state index contributed by atoms with van der Waals surface area (Å²) < 4.78 is 0. The number of H-pyrrole nitrogens is 1. The first-order valence-electron chi connectivity index (χ1n) is 6.09. The van der Waals surface area contributed by atoms with E-state index in [4.69, 9.17) is 0 Å². The van der Waals surface area contributed by atoms with E-state index in [1.165, 1.54) is 18.4 Å². The maximum absolute atomic E-state index is 11.2. The number of aromatic amines is 1. The van der Waals surface area contributed by atoms with Crippen LogP contribution in [0.15, 0.2) is 16.9 Å². The zero-order valence-electron chi connectivity index (χ0n) is 10.0. The molecule has 2 N–H and O–H groups in total. The molecule has 0 saturated heterocycles. The van der Waals surface area contributed by atoms with Crippen molar-refractivity contribution in [2.24, 2.45) is 5.92 Å². The van der Waals surface area contributed by atoms with Crippen LogP contribution in [0.3, 0.4) is 0 Å². The molecule has 0 amide bonds. The molecule has 0 fully saturated rings. The fourth-order valence-corrected chi connectivity index (χ4v) is 2.21. The second-order valence-electron chi connectivity index (χ2n) is 5.08. The van der Waals surface area contributed by atoms with Crippen LogP contribution in [0.5, 0.6) is 0 Å². The van der Waals surface area contributed by atoms with Crippen molar-refractivity contribution < 1.29 is 0 Å². The van der Waals surface area contributed by atoms with E-state index in [1.807, 2.05) is 6.07 Å². The number of hydrogen-bond donors (Lipinski definition) is 2. The Kier molecular flexibility index (Phi) is 3.44. The minimum Gasteiger partial charge on any atom is -0.326 e. The highest BCUT2D eigenvalue weighted by Gasteiger charge is 2.18. The van der Waals surface area contributed by atoms with Gasteiger partial charge in [-0.2, -0.15) is 0 Å². The number of rotatable bonds is 3. The molecule has 1 aliphatic rings.